The van der Waals surface area contributed by atoms with E-state index in [1.54, 1.807) is 6.92 Å². The van der Waals surface area contributed by atoms with Gasteiger partial charge in [0.15, 0.2) is 0 Å². The average Bonchev–Trinajstić information content (AvgIpc) is 2.17. The van der Waals surface area contributed by atoms with Gasteiger partial charge in [0.1, 0.15) is 5.54 Å². The molecule has 2 N–H and O–H groups in total. The molecule has 0 bridgehead atoms. The highest BCUT2D eigenvalue weighted by Crippen LogP contribution is 2.31. The molecule has 0 aromatic rings. The highest BCUT2D eigenvalue weighted by molar-refractivity contribution is 5.79. The summed E-state index contributed by atoms with van der Waals surface area (Å²) in [5.41, 5.74) is 1.97. The molecule has 1 heterocycles. The molecule has 94 valence electrons. The first-order chi connectivity index (χ1) is 7.27. The van der Waals surface area contributed by atoms with E-state index in [2.05, 4.69) is 10.4 Å². The molecule has 1 saturated heterocycles. The first kappa shape index (κ1) is 13.5. The lowest BCUT2D eigenvalue weighted by atomic mass is 9.75. The summed E-state index contributed by atoms with van der Waals surface area (Å²) in [6.07, 6.45) is 3.54. The van der Waals surface area contributed by atoms with Crippen LogP contribution in [-0.4, -0.2) is 34.7 Å². The van der Waals surface area contributed by atoms with Crippen LogP contribution in [0.2, 0.25) is 0 Å². The fourth-order valence-corrected chi connectivity index (χ4v) is 1.86. The minimum absolute atomic E-state index is 0.323. The first-order valence-electron chi connectivity index (χ1n) is 6.03. The molecule has 1 unspecified atom stereocenters. The smallest absolute Gasteiger partial charge is 0.325 e. The fourth-order valence-electron chi connectivity index (χ4n) is 1.86. The van der Waals surface area contributed by atoms with E-state index in [1.165, 1.54) is 6.42 Å². The van der Waals surface area contributed by atoms with Gasteiger partial charge in [0.25, 0.3) is 0 Å². The zero-order chi connectivity index (χ0) is 12.4. The minimum Gasteiger partial charge on any atom is -0.480 e. The summed E-state index contributed by atoms with van der Waals surface area (Å²) in [6.45, 7) is 9.52. The summed E-state index contributed by atoms with van der Waals surface area (Å²) in [4.78, 5) is 11.5. The van der Waals surface area contributed by atoms with Gasteiger partial charge in [0.2, 0.25) is 0 Å². The average molecular weight is 228 g/mol. The van der Waals surface area contributed by atoms with Crippen molar-refractivity contribution in [3.8, 4) is 0 Å². The van der Waals surface area contributed by atoms with Crippen LogP contribution in [0.5, 0.6) is 0 Å². The Bertz CT molecular complexity index is 254. The minimum atomic E-state index is -0.912. The Hall–Kier alpha value is -0.610. The number of carbonyl (C=O) groups is 1. The second-order valence-corrected chi connectivity index (χ2v) is 5.84. The molecule has 1 rings (SSSR count). The summed E-state index contributed by atoms with van der Waals surface area (Å²) in [6, 6.07) is 0. The predicted octanol–water partition coefficient (Wildman–Crippen LogP) is 1.87. The highest BCUT2D eigenvalue weighted by atomic mass is 16.4. The molecule has 4 nitrogen and oxygen atoms in total. The molecule has 1 aliphatic rings. The van der Waals surface area contributed by atoms with Crippen LogP contribution in [0.15, 0.2) is 0 Å². The highest BCUT2D eigenvalue weighted by Gasteiger charge is 2.45. The van der Waals surface area contributed by atoms with E-state index in [9.17, 15) is 9.90 Å². The Morgan fingerprint density at radius 1 is 1.12 bits per heavy atom. The van der Waals surface area contributed by atoms with E-state index in [0.29, 0.717) is 0 Å². The fraction of sp³-hybridized carbons (Fsp3) is 0.917. The molecular weight excluding hydrogens is 204 g/mol. The Morgan fingerprint density at radius 2 is 1.62 bits per heavy atom. The quantitative estimate of drug-likeness (QED) is 0.774. The van der Waals surface area contributed by atoms with Crippen molar-refractivity contribution in [1.82, 2.24) is 10.4 Å². The molecule has 1 atom stereocenters. The van der Waals surface area contributed by atoms with Gasteiger partial charge in [-0.05, 0) is 25.2 Å². The molecule has 0 aromatic carbocycles. The Kier molecular flexibility index (Phi) is 3.97. The zero-order valence-corrected chi connectivity index (χ0v) is 10.8. The summed E-state index contributed by atoms with van der Waals surface area (Å²) in [5, 5.41) is 11.5. The van der Waals surface area contributed by atoms with E-state index < -0.39 is 11.5 Å². The number of aliphatic carboxylic acids is 1. The van der Waals surface area contributed by atoms with Crippen molar-refractivity contribution in [2.45, 2.75) is 52.5 Å². The second kappa shape index (κ2) is 4.72. The molecule has 0 amide bonds. The number of hydrogen-bond donors (Lipinski definition) is 2. The second-order valence-electron chi connectivity index (χ2n) is 5.84. The van der Waals surface area contributed by atoms with Gasteiger partial charge in [0, 0.05) is 13.1 Å². The molecule has 0 spiro atoms. The van der Waals surface area contributed by atoms with Crippen LogP contribution in [0.4, 0.5) is 0 Å². The van der Waals surface area contributed by atoms with E-state index in [0.717, 1.165) is 25.9 Å². The van der Waals surface area contributed by atoms with Crippen molar-refractivity contribution in [2.75, 3.05) is 13.1 Å². The third-order valence-electron chi connectivity index (χ3n) is 3.67. The van der Waals surface area contributed by atoms with Crippen LogP contribution in [0.1, 0.15) is 47.0 Å². The van der Waals surface area contributed by atoms with Crippen LogP contribution in [0.3, 0.4) is 0 Å². The van der Waals surface area contributed by atoms with Crippen molar-refractivity contribution in [2.24, 2.45) is 5.41 Å². The van der Waals surface area contributed by atoms with Crippen molar-refractivity contribution < 1.29 is 9.90 Å². The lowest BCUT2D eigenvalue weighted by Crippen LogP contribution is -2.64. The summed E-state index contributed by atoms with van der Waals surface area (Å²) in [7, 11) is 0. The number of hydrogen-bond acceptors (Lipinski definition) is 3. The maximum atomic E-state index is 11.5. The third-order valence-corrected chi connectivity index (χ3v) is 3.67. The molecule has 1 aliphatic heterocycles. The van der Waals surface area contributed by atoms with Gasteiger partial charge in [-0.2, -0.15) is 0 Å². The van der Waals surface area contributed by atoms with E-state index in [1.807, 2.05) is 20.8 Å². The lowest BCUT2D eigenvalue weighted by molar-refractivity contribution is -0.153. The largest absolute Gasteiger partial charge is 0.480 e. The van der Waals surface area contributed by atoms with Crippen LogP contribution in [-0.2, 0) is 4.79 Å². The van der Waals surface area contributed by atoms with Gasteiger partial charge < -0.3 is 5.11 Å². The summed E-state index contributed by atoms with van der Waals surface area (Å²) >= 11 is 0. The van der Waals surface area contributed by atoms with E-state index >= 15 is 0 Å². The molecule has 4 heteroatoms. The first-order valence-corrected chi connectivity index (χ1v) is 6.03. The van der Waals surface area contributed by atoms with Crippen LogP contribution < -0.4 is 5.43 Å². The Labute approximate surface area is 98.0 Å². The van der Waals surface area contributed by atoms with Gasteiger partial charge >= 0.3 is 5.97 Å². The molecule has 0 aliphatic carbocycles. The van der Waals surface area contributed by atoms with E-state index in [-0.39, 0.29) is 5.41 Å². The molecule has 0 saturated carbocycles. The number of rotatable bonds is 3. The molecule has 0 aromatic heterocycles. The van der Waals surface area contributed by atoms with Crippen LogP contribution in [0, 0.1) is 5.41 Å². The van der Waals surface area contributed by atoms with Crippen molar-refractivity contribution in [3.05, 3.63) is 0 Å². The summed E-state index contributed by atoms with van der Waals surface area (Å²) < 4.78 is 0. The molecule has 0 radical (unpaired) electrons. The van der Waals surface area contributed by atoms with Gasteiger partial charge in [0.05, 0.1) is 0 Å². The van der Waals surface area contributed by atoms with Crippen molar-refractivity contribution >= 4 is 5.97 Å². The lowest BCUT2D eigenvalue weighted by Gasteiger charge is -2.43. The SMILES string of the molecule is CC(C)(C)C(C)(NN1CCCCC1)C(=O)O. The van der Waals surface area contributed by atoms with Gasteiger partial charge in [-0.3, -0.25) is 4.79 Å². The topological polar surface area (TPSA) is 52.6 Å². The number of piperidine rings is 1. The number of carboxylic acid groups (broad SMARTS) is 1. The van der Waals surface area contributed by atoms with E-state index in [4.69, 9.17) is 0 Å². The predicted molar refractivity (Wildman–Crippen MR) is 64.1 cm³/mol. The number of hydrazine groups is 1. The molecular formula is C12H24N2O2. The number of carboxylic acids is 1. The third kappa shape index (κ3) is 2.74. The normalized spacial score (nSPS) is 22.8. The molecule has 16 heavy (non-hydrogen) atoms. The number of nitrogens with one attached hydrogen (secondary N) is 1. The number of nitrogens with zero attached hydrogens (tertiary/aromatic N) is 1. The van der Waals surface area contributed by atoms with Gasteiger partial charge in [-0.1, -0.05) is 27.2 Å². The van der Waals surface area contributed by atoms with Crippen molar-refractivity contribution in [1.29, 1.82) is 0 Å². The molecule has 1 fully saturated rings. The summed E-state index contributed by atoms with van der Waals surface area (Å²) in [5.74, 6) is -0.787. The Balaban J connectivity index is 2.74. The monoisotopic (exact) mass is 228 g/mol. The zero-order valence-electron chi connectivity index (χ0n) is 10.8. The van der Waals surface area contributed by atoms with Crippen LogP contribution in [0.25, 0.3) is 0 Å². The van der Waals surface area contributed by atoms with Gasteiger partial charge in [-0.25, -0.2) is 10.4 Å². The standard InChI is InChI=1S/C12H24N2O2/c1-11(2,3)12(4,10(15)16)13-14-8-6-5-7-9-14/h13H,5-9H2,1-4H3,(H,15,16). The van der Waals surface area contributed by atoms with Crippen molar-refractivity contribution in [3.63, 3.8) is 0 Å². The van der Waals surface area contributed by atoms with Crippen LogP contribution >= 0.6 is 0 Å². The Morgan fingerprint density at radius 3 is 2.00 bits per heavy atom. The maximum Gasteiger partial charge on any atom is 0.325 e. The maximum absolute atomic E-state index is 11.5. The van der Waals surface area contributed by atoms with Gasteiger partial charge in [-0.15, -0.1) is 0 Å².